The third kappa shape index (κ3) is 5.52. The normalized spacial score (nSPS) is 18.1. The first-order chi connectivity index (χ1) is 18.0. The number of urea groups is 1. The first kappa shape index (κ1) is 27.9. The summed E-state index contributed by atoms with van der Waals surface area (Å²) in [7, 11) is -10.7. The van der Waals surface area contributed by atoms with Crippen LogP contribution in [0.3, 0.4) is 0 Å². The third-order valence-electron chi connectivity index (χ3n) is 6.22. The second kappa shape index (κ2) is 11.0. The van der Waals surface area contributed by atoms with Gasteiger partial charge in [-0.2, -0.15) is 4.99 Å². The number of sulfone groups is 1. The maximum Gasteiger partial charge on any atom is 0.354 e. The van der Waals surface area contributed by atoms with Crippen molar-refractivity contribution < 1.29 is 25.8 Å². The number of unbranched alkanes of at least 4 members (excludes halogenated alkanes) is 2. The Bertz CT molecular complexity index is 1590. The summed E-state index contributed by atoms with van der Waals surface area (Å²) < 4.78 is 69.5. The number of aliphatic imine (C=N–C) groups is 1. The molecule has 0 saturated heterocycles. The van der Waals surface area contributed by atoms with Gasteiger partial charge in [-0.05, 0) is 44.4 Å². The van der Waals surface area contributed by atoms with Crippen LogP contribution >= 0.6 is 0 Å². The number of benzene rings is 2. The zero-order valence-corrected chi connectivity index (χ0v) is 23.7. The van der Waals surface area contributed by atoms with E-state index in [2.05, 4.69) is 9.71 Å². The zero-order chi connectivity index (χ0) is 27.7. The molecule has 0 aliphatic carbocycles. The molecule has 2 amide bonds. The number of hydrogen-bond acceptors (Lipinski definition) is 6. The lowest BCUT2D eigenvalue weighted by Crippen LogP contribution is -2.38. The molecule has 0 bridgehead atoms. The summed E-state index contributed by atoms with van der Waals surface area (Å²) in [6.07, 6.45) is 2.72. The number of carbonyl (C=O) groups excluding carboxylic acids is 1. The summed E-state index contributed by atoms with van der Waals surface area (Å²) in [5.74, 6) is -0.942. The largest absolute Gasteiger partial charge is 0.354 e. The van der Waals surface area contributed by atoms with Crippen molar-refractivity contribution in [1.82, 2.24) is 9.62 Å². The van der Waals surface area contributed by atoms with Crippen molar-refractivity contribution in [3.05, 3.63) is 86.3 Å². The van der Waals surface area contributed by atoms with E-state index >= 15 is 0 Å². The number of allylic oxidation sites excluding steroid dienone is 2. The smallest absolute Gasteiger partial charge is 0.261 e. The van der Waals surface area contributed by atoms with Crippen LogP contribution in [0.1, 0.15) is 50.7 Å². The molecule has 9 nitrogen and oxygen atoms in total. The lowest BCUT2D eigenvalue weighted by molar-refractivity contribution is 0.234. The van der Waals surface area contributed by atoms with Gasteiger partial charge in [0, 0.05) is 10.6 Å². The van der Waals surface area contributed by atoms with Gasteiger partial charge in [0.15, 0.2) is 19.9 Å². The van der Waals surface area contributed by atoms with E-state index in [9.17, 15) is 25.8 Å². The fraction of sp³-hybridized carbons (Fsp3) is 0.308. The lowest BCUT2D eigenvalue weighted by Gasteiger charge is -2.29. The standard InChI is InChI=1S/C26H29N3O6S3/c1-4-5-7-12-22-19(3)29-23(25(36(22)31)37(32,33)17-20-10-8-6-9-11-20)24(27-26(29)30)28-38(34,35)21-15-13-18(2)14-16-21/h6,8-11,13-16H,4-5,7,12,17H2,1-3H3,(H,27,28,30). The van der Waals surface area contributed by atoms with Gasteiger partial charge >= 0.3 is 6.03 Å². The molecular formula is C26H29N3O6S3. The number of nitrogens with one attached hydrogen (secondary N) is 1. The van der Waals surface area contributed by atoms with E-state index in [0.29, 0.717) is 29.0 Å². The average Bonchev–Trinajstić information content (AvgIpc) is 3.16. The summed E-state index contributed by atoms with van der Waals surface area (Å²) in [4.78, 5) is 18.2. The number of nitrogens with zero attached hydrogens (tertiary/aromatic N) is 2. The van der Waals surface area contributed by atoms with E-state index in [-0.39, 0.29) is 10.6 Å². The minimum atomic E-state index is -4.27. The Kier molecular flexibility index (Phi) is 8.05. The first-order valence-corrected chi connectivity index (χ1v) is 16.4. The van der Waals surface area contributed by atoms with E-state index in [4.69, 9.17) is 0 Å². The Morgan fingerprint density at radius 2 is 1.61 bits per heavy atom. The van der Waals surface area contributed by atoms with Gasteiger partial charge in [0.05, 0.1) is 21.4 Å². The SMILES string of the molecule is CCCCCC1=C(C)N2C(=O)N=C(NS(=O)(=O)c3ccc(C)cc3)C2=C(S(=O)(=O)Cc2ccccc2)S1=O. The van der Waals surface area contributed by atoms with Crippen molar-refractivity contribution in [2.24, 2.45) is 4.99 Å². The van der Waals surface area contributed by atoms with Gasteiger partial charge in [0.1, 0.15) is 5.70 Å². The van der Waals surface area contributed by atoms with Crippen molar-refractivity contribution in [2.45, 2.75) is 57.1 Å². The average molecular weight is 576 g/mol. The van der Waals surface area contributed by atoms with Crippen LogP contribution in [-0.4, -0.2) is 37.8 Å². The maximum atomic E-state index is 13.9. The van der Waals surface area contributed by atoms with Gasteiger partial charge in [-0.1, -0.05) is 67.8 Å². The topological polar surface area (TPSA) is 130 Å². The van der Waals surface area contributed by atoms with Crippen molar-refractivity contribution in [2.75, 3.05) is 0 Å². The van der Waals surface area contributed by atoms with Crippen LogP contribution in [0, 0.1) is 6.92 Å². The van der Waals surface area contributed by atoms with E-state index < -0.39 is 52.5 Å². The van der Waals surface area contributed by atoms with E-state index in [1.807, 2.05) is 6.92 Å². The number of aryl methyl sites for hydroxylation is 1. The van der Waals surface area contributed by atoms with Crippen molar-refractivity contribution in [3.63, 3.8) is 0 Å². The summed E-state index contributed by atoms with van der Waals surface area (Å²) in [6.45, 7) is 5.39. The number of amides is 2. The zero-order valence-electron chi connectivity index (χ0n) is 21.3. The molecule has 2 aromatic rings. The van der Waals surface area contributed by atoms with Crippen LogP contribution in [0.4, 0.5) is 4.79 Å². The van der Waals surface area contributed by atoms with Crippen molar-refractivity contribution >= 4 is 42.5 Å². The molecule has 0 fully saturated rings. The number of amidine groups is 1. The van der Waals surface area contributed by atoms with Crippen LogP contribution in [0.15, 0.2) is 85.0 Å². The molecular weight excluding hydrogens is 547 g/mol. The van der Waals surface area contributed by atoms with Crippen LogP contribution in [0.2, 0.25) is 0 Å². The highest BCUT2D eigenvalue weighted by atomic mass is 32.3. The third-order valence-corrected chi connectivity index (χ3v) is 11.7. The highest BCUT2D eigenvalue weighted by Crippen LogP contribution is 2.40. The van der Waals surface area contributed by atoms with Crippen LogP contribution in [0.25, 0.3) is 0 Å². The molecule has 2 aliphatic rings. The molecule has 0 radical (unpaired) electrons. The lowest BCUT2D eigenvalue weighted by atomic mass is 10.2. The molecule has 4 rings (SSSR count). The fourth-order valence-electron chi connectivity index (χ4n) is 4.26. The molecule has 1 unspecified atom stereocenters. The van der Waals surface area contributed by atoms with Crippen LogP contribution in [0.5, 0.6) is 0 Å². The summed E-state index contributed by atoms with van der Waals surface area (Å²) in [5.41, 5.74) is 1.30. The second-order valence-corrected chi connectivity index (χ2v) is 14.4. The maximum absolute atomic E-state index is 13.9. The molecule has 2 aliphatic heterocycles. The summed E-state index contributed by atoms with van der Waals surface area (Å²) >= 11 is 0. The molecule has 2 heterocycles. The van der Waals surface area contributed by atoms with Gasteiger partial charge in [-0.3, -0.25) is 9.62 Å². The monoisotopic (exact) mass is 575 g/mol. The number of sulfonamides is 1. The molecule has 2 aromatic carbocycles. The molecule has 0 aromatic heterocycles. The molecule has 1 N–H and O–H groups in total. The fourth-order valence-corrected chi connectivity index (χ4v) is 9.20. The minimum Gasteiger partial charge on any atom is -0.261 e. The summed E-state index contributed by atoms with van der Waals surface area (Å²) in [5, 5.41) is 0. The van der Waals surface area contributed by atoms with Gasteiger partial charge in [-0.25, -0.2) is 25.8 Å². The molecule has 38 heavy (non-hydrogen) atoms. The molecule has 12 heteroatoms. The number of fused-ring (bicyclic) bond motifs is 1. The highest BCUT2D eigenvalue weighted by Gasteiger charge is 2.46. The first-order valence-electron chi connectivity index (χ1n) is 12.1. The van der Waals surface area contributed by atoms with Crippen molar-refractivity contribution in [1.29, 1.82) is 0 Å². The van der Waals surface area contributed by atoms with E-state index in [0.717, 1.165) is 23.3 Å². The Morgan fingerprint density at radius 3 is 2.24 bits per heavy atom. The molecule has 202 valence electrons. The predicted octanol–water partition coefficient (Wildman–Crippen LogP) is 4.47. The Morgan fingerprint density at radius 1 is 0.947 bits per heavy atom. The molecule has 1 atom stereocenters. The van der Waals surface area contributed by atoms with Gasteiger partial charge in [0.25, 0.3) is 10.0 Å². The van der Waals surface area contributed by atoms with Crippen LogP contribution in [-0.2, 0) is 36.4 Å². The second-order valence-electron chi connectivity index (χ2n) is 9.11. The van der Waals surface area contributed by atoms with Crippen molar-refractivity contribution in [3.8, 4) is 0 Å². The molecule has 0 saturated carbocycles. The quantitative estimate of drug-likeness (QED) is 0.439. The minimum absolute atomic E-state index is 0.0876. The van der Waals surface area contributed by atoms with E-state index in [1.165, 1.54) is 12.1 Å². The Labute approximate surface area is 225 Å². The number of hydrogen-bond donors (Lipinski definition) is 1. The van der Waals surface area contributed by atoms with Gasteiger partial charge in [0.2, 0.25) is 0 Å². The number of rotatable bonds is 9. The summed E-state index contributed by atoms with van der Waals surface area (Å²) in [6, 6.07) is 13.5. The number of carbonyl (C=O) groups is 1. The molecule has 0 spiro atoms. The predicted molar refractivity (Wildman–Crippen MR) is 147 cm³/mol. The Hall–Kier alpha value is -3.09. The van der Waals surface area contributed by atoms with Gasteiger partial charge in [-0.15, -0.1) is 0 Å². The highest BCUT2D eigenvalue weighted by molar-refractivity contribution is 8.13. The Balaban J connectivity index is 1.84. The van der Waals surface area contributed by atoms with E-state index in [1.54, 1.807) is 56.3 Å². The van der Waals surface area contributed by atoms with Crippen LogP contribution < -0.4 is 4.72 Å². The van der Waals surface area contributed by atoms with Gasteiger partial charge < -0.3 is 0 Å².